The number of benzene rings is 1. The highest BCUT2D eigenvalue weighted by Crippen LogP contribution is 2.35. The van der Waals surface area contributed by atoms with E-state index in [0.29, 0.717) is 0 Å². The standard InChI is InChI=1S/C9H7Cl2F4N/c10-4-1-2-5(11)8(12)7(4)6(16)3-9(13,14)15/h1-2,6H,3,16H2/t6-/m0/s1. The summed E-state index contributed by atoms with van der Waals surface area (Å²) in [5.74, 6) is -1.01. The Bertz CT molecular complexity index is 392. The lowest BCUT2D eigenvalue weighted by Gasteiger charge is -2.16. The summed E-state index contributed by atoms with van der Waals surface area (Å²) in [7, 11) is 0. The maximum atomic E-state index is 13.4. The van der Waals surface area contributed by atoms with Crippen LogP contribution in [0.25, 0.3) is 0 Å². The number of hydrogen-bond acceptors (Lipinski definition) is 1. The van der Waals surface area contributed by atoms with Gasteiger partial charge in [-0.1, -0.05) is 23.2 Å². The van der Waals surface area contributed by atoms with Crippen molar-refractivity contribution in [1.82, 2.24) is 0 Å². The van der Waals surface area contributed by atoms with Crippen molar-refractivity contribution < 1.29 is 17.6 Å². The van der Waals surface area contributed by atoms with Crippen molar-refractivity contribution in [3.8, 4) is 0 Å². The van der Waals surface area contributed by atoms with Gasteiger partial charge in [-0.3, -0.25) is 0 Å². The molecule has 0 bridgehead atoms. The zero-order chi connectivity index (χ0) is 12.5. The van der Waals surface area contributed by atoms with Crippen LogP contribution in [0.3, 0.4) is 0 Å². The molecule has 0 fully saturated rings. The first-order valence-electron chi connectivity index (χ1n) is 4.18. The fourth-order valence-corrected chi connectivity index (χ4v) is 1.68. The zero-order valence-corrected chi connectivity index (χ0v) is 9.30. The molecule has 1 nitrogen and oxygen atoms in total. The summed E-state index contributed by atoms with van der Waals surface area (Å²) in [6, 6.07) is 0.799. The minimum atomic E-state index is -4.49. The molecule has 0 saturated heterocycles. The third-order valence-corrected chi connectivity index (χ3v) is 2.52. The van der Waals surface area contributed by atoms with Crippen LogP contribution < -0.4 is 5.73 Å². The van der Waals surface area contributed by atoms with E-state index in [0.717, 1.165) is 6.07 Å². The second-order valence-electron chi connectivity index (χ2n) is 3.18. The van der Waals surface area contributed by atoms with Crippen LogP contribution in [-0.4, -0.2) is 6.18 Å². The van der Waals surface area contributed by atoms with Gasteiger partial charge in [-0.15, -0.1) is 0 Å². The summed E-state index contributed by atoms with van der Waals surface area (Å²) in [5, 5.41) is -0.476. The van der Waals surface area contributed by atoms with Gasteiger partial charge in [0.15, 0.2) is 0 Å². The quantitative estimate of drug-likeness (QED) is 0.639. The van der Waals surface area contributed by atoms with E-state index in [4.69, 9.17) is 28.9 Å². The van der Waals surface area contributed by atoms with Crippen molar-refractivity contribution in [3.63, 3.8) is 0 Å². The van der Waals surface area contributed by atoms with Crippen LogP contribution in [0.4, 0.5) is 17.6 Å². The molecule has 0 spiro atoms. The molecular weight excluding hydrogens is 269 g/mol. The van der Waals surface area contributed by atoms with Gasteiger partial charge in [0, 0.05) is 16.6 Å². The Balaban J connectivity index is 3.08. The second kappa shape index (κ2) is 4.77. The highest BCUT2D eigenvalue weighted by atomic mass is 35.5. The molecule has 1 rings (SSSR count). The third kappa shape index (κ3) is 3.23. The molecule has 0 amide bonds. The zero-order valence-electron chi connectivity index (χ0n) is 7.78. The summed E-state index contributed by atoms with van der Waals surface area (Å²) in [4.78, 5) is 0. The van der Waals surface area contributed by atoms with Gasteiger partial charge in [0.1, 0.15) is 5.82 Å². The van der Waals surface area contributed by atoms with Crippen LogP contribution in [0.15, 0.2) is 12.1 Å². The summed E-state index contributed by atoms with van der Waals surface area (Å²) in [6.07, 6.45) is -5.85. The lowest BCUT2D eigenvalue weighted by molar-refractivity contribution is -0.138. The molecular formula is C9H7Cl2F4N. The van der Waals surface area contributed by atoms with E-state index in [1.165, 1.54) is 6.07 Å². The third-order valence-electron chi connectivity index (χ3n) is 1.90. The molecule has 0 aliphatic carbocycles. The Morgan fingerprint density at radius 2 is 1.69 bits per heavy atom. The number of nitrogens with two attached hydrogens (primary N) is 1. The summed E-state index contributed by atoms with van der Waals surface area (Å²) in [5.41, 5.74) is 4.84. The average Bonchev–Trinajstić information content (AvgIpc) is 2.09. The van der Waals surface area contributed by atoms with Crippen LogP contribution >= 0.6 is 23.2 Å². The van der Waals surface area contributed by atoms with Gasteiger partial charge in [-0.2, -0.15) is 13.2 Å². The van der Waals surface area contributed by atoms with Gasteiger partial charge in [-0.05, 0) is 12.1 Å². The van der Waals surface area contributed by atoms with Crippen molar-refractivity contribution in [3.05, 3.63) is 33.6 Å². The molecule has 0 radical (unpaired) electrons. The number of halogens is 6. The molecule has 0 aliphatic heterocycles. The van der Waals surface area contributed by atoms with E-state index >= 15 is 0 Å². The second-order valence-corrected chi connectivity index (χ2v) is 4.00. The van der Waals surface area contributed by atoms with Crippen molar-refractivity contribution in [2.75, 3.05) is 0 Å². The molecule has 16 heavy (non-hydrogen) atoms. The highest BCUT2D eigenvalue weighted by molar-refractivity contribution is 6.33. The molecule has 0 saturated carbocycles. The summed E-state index contributed by atoms with van der Waals surface area (Å²) in [6.45, 7) is 0. The fourth-order valence-electron chi connectivity index (χ4n) is 1.23. The van der Waals surface area contributed by atoms with Crippen LogP contribution in [0.5, 0.6) is 0 Å². The number of rotatable bonds is 2. The molecule has 1 aromatic carbocycles. The van der Waals surface area contributed by atoms with E-state index in [2.05, 4.69) is 0 Å². The van der Waals surface area contributed by atoms with Gasteiger partial charge in [-0.25, -0.2) is 4.39 Å². The Morgan fingerprint density at radius 1 is 1.19 bits per heavy atom. The van der Waals surface area contributed by atoms with E-state index in [-0.39, 0.29) is 10.0 Å². The molecule has 2 N–H and O–H groups in total. The van der Waals surface area contributed by atoms with Gasteiger partial charge < -0.3 is 5.73 Å². The molecule has 1 atom stereocenters. The Hall–Kier alpha value is -0.520. The Kier molecular flexibility index (Phi) is 4.04. The lowest BCUT2D eigenvalue weighted by Crippen LogP contribution is -2.21. The molecule has 7 heteroatoms. The normalized spacial score (nSPS) is 13.9. The smallest absolute Gasteiger partial charge is 0.324 e. The highest BCUT2D eigenvalue weighted by Gasteiger charge is 2.33. The van der Waals surface area contributed by atoms with Crippen molar-refractivity contribution in [2.45, 2.75) is 18.6 Å². The minimum Gasteiger partial charge on any atom is -0.324 e. The molecule has 0 unspecified atom stereocenters. The first kappa shape index (κ1) is 13.5. The van der Waals surface area contributed by atoms with Gasteiger partial charge in [0.05, 0.1) is 11.4 Å². The minimum absolute atomic E-state index is 0.168. The maximum absolute atomic E-state index is 13.4. The fraction of sp³-hybridized carbons (Fsp3) is 0.333. The largest absolute Gasteiger partial charge is 0.390 e. The molecule has 0 heterocycles. The number of hydrogen-bond donors (Lipinski definition) is 1. The maximum Gasteiger partial charge on any atom is 0.390 e. The molecule has 90 valence electrons. The van der Waals surface area contributed by atoms with Crippen LogP contribution in [0.2, 0.25) is 10.0 Å². The molecule has 1 aromatic rings. The topological polar surface area (TPSA) is 26.0 Å². The molecule has 0 aromatic heterocycles. The van der Waals surface area contributed by atoms with E-state index in [1.54, 1.807) is 0 Å². The van der Waals surface area contributed by atoms with Gasteiger partial charge >= 0.3 is 6.18 Å². The summed E-state index contributed by atoms with van der Waals surface area (Å²) < 4.78 is 49.7. The van der Waals surface area contributed by atoms with Crippen molar-refractivity contribution >= 4 is 23.2 Å². The lowest BCUT2D eigenvalue weighted by atomic mass is 10.0. The molecule has 0 aliphatic rings. The van der Waals surface area contributed by atoms with Crippen molar-refractivity contribution in [2.24, 2.45) is 5.73 Å². The number of alkyl halides is 3. The van der Waals surface area contributed by atoms with Gasteiger partial charge in [0.2, 0.25) is 0 Å². The average molecular weight is 276 g/mol. The van der Waals surface area contributed by atoms with Gasteiger partial charge in [0.25, 0.3) is 0 Å². The van der Waals surface area contributed by atoms with Crippen LogP contribution in [0.1, 0.15) is 18.0 Å². The van der Waals surface area contributed by atoms with Crippen LogP contribution in [0, 0.1) is 5.82 Å². The Labute approximate surface area is 99.1 Å². The van der Waals surface area contributed by atoms with Crippen molar-refractivity contribution in [1.29, 1.82) is 0 Å². The predicted molar refractivity (Wildman–Crippen MR) is 54.0 cm³/mol. The van der Waals surface area contributed by atoms with E-state index < -0.39 is 30.0 Å². The predicted octanol–water partition coefficient (Wildman–Crippen LogP) is 4.08. The monoisotopic (exact) mass is 275 g/mol. The first-order valence-corrected chi connectivity index (χ1v) is 4.93. The Morgan fingerprint density at radius 3 is 2.19 bits per heavy atom. The van der Waals surface area contributed by atoms with E-state index in [1.807, 2.05) is 0 Å². The summed E-state index contributed by atoms with van der Waals surface area (Å²) >= 11 is 11.0. The van der Waals surface area contributed by atoms with Crippen LogP contribution in [-0.2, 0) is 0 Å². The van der Waals surface area contributed by atoms with E-state index in [9.17, 15) is 17.6 Å². The first-order chi connectivity index (χ1) is 7.22. The SMILES string of the molecule is N[C@@H](CC(F)(F)F)c1c(Cl)ccc(Cl)c1F.